The van der Waals surface area contributed by atoms with Crippen molar-refractivity contribution in [2.24, 2.45) is 0 Å². The normalized spacial score (nSPS) is 14.3. The van der Waals surface area contributed by atoms with Crippen LogP contribution in [0.5, 0.6) is 5.75 Å². The topological polar surface area (TPSA) is 99.0 Å². The van der Waals surface area contributed by atoms with Crippen LogP contribution in [0.15, 0.2) is 60.7 Å². The van der Waals surface area contributed by atoms with Crippen LogP contribution in [0.1, 0.15) is 35.1 Å². The molecule has 3 aromatic rings. The second-order valence-electron chi connectivity index (χ2n) is 7.86. The van der Waals surface area contributed by atoms with Crippen molar-refractivity contribution in [1.29, 1.82) is 0 Å². The minimum Gasteiger partial charge on any atom is -0.505 e. The fourth-order valence-corrected chi connectivity index (χ4v) is 4.12. The Morgan fingerprint density at radius 1 is 0.939 bits per heavy atom. The molecule has 0 aromatic heterocycles. The second kappa shape index (κ2) is 9.56. The number of aliphatic hydroxyl groups excluding tert-OH is 2. The number of hydrogen-bond acceptors (Lipinski definition) is 5. The highest BCUT2D eigenvalue weighted by Crippen LogP contribution is 2.44. The van der Waals surface area contributed by atoms with Crippen molar-refractivity contribution in [3.63, 3.8) is 0 Å². The maximum Gasteiger partial charge on any atom is 0.407 e. The molecule has 4 rings (SSSR count). The maximum absolute atomic E-state index is 13.9. The molecule has 0 heterocycles. The van der Waals surface area contributed by atoms with Gasteiger partial charge >= 0.3 is 6.09 Å². The molecule has 0 fully saturated rings. The Kier molecular flexibility index (Phi) is 6.57. The SMILES string of the molecule is O=C(NCCC(O)C(O)c1ccc(O)c(F)c1F)OCC1c2ccccc2-c2ccccc21. The van der Waals surface area contributed by atoms with E-state index in [1.54, 1.807) is 0 Å². The van der Waals surface area contributed by atoms with Crippen LogP contribution in [0, 0.1) is 11.6 Å². The van der Waals surface area contributed by atoms with Gasteiger partial charge in [-0.15, -0.1) is 0 Å². The first-order valence-corrected chi connectivity index (χ1v) is 10.5. The van der Waals surface area contributed by atoms with Crippen LogP contribution >= 0.6 is 0 Å². The smallest absolute Gasteiger partial charge is 0.407 e. The third-order valence-corrected chi connectivity index (χ3v) is 5.83. The fourth-order valence-electron chi connectivity index (χ4n) is 4.12. The minimum atomic E-state index is -1.73. The molecule has 33 heavy (non-hydrogen) atoms. The van der Waals surface area contributed by atoms with Crippen LogP contribution in [0.4, 0.5) is 13.6 Å². The molecule has 3 aromatic carbocycles. The summed E-state index contributed by atoms with van der Waals surface area (Å²) in [6.07, 6.45) is -4.03. The summed E-state index contributed by atoms with van der Waals surface area (Å²) in [4.78, 5) is 12.2. The Morgan fingerprint density at radius 2 is 1.55 bits per heavy atom. The summed E-state index contributed by atoms with van der Waals surface area (Å²) in [5.74, 6) is -3.93. The molecule has 1 amide bonds. The second-order valence-corrected chi connectivity index (χ2v) is 7.86. The van der Waals surface area contributed by atoms with Gasteiger partial charge < -0.3 is 25.4 Å². The molecule has 2 unspecified atom stereocenters. The molecule has 1 aliphatic rings. The van der Waals surface area contributed by atoms with E-state index in [-0.39, 0.29) is 25.5 Å². The zero-order chi connectivity index (χ0) is 23.5. The van der Waals surface area contributed by atoms with Gasteiger partial charge in [0.25, 0.3) is 0 Å². The summed E-state index contributed by atoms with van der Waals surface area (Å²) in [5.41, 5.74) is 3.88. The monoisotopic (exact) mass is 455 g/mol. The molecular formula is C25H23F2NO5. The van der Waals surface area contributed by atoms with Gasteiger partial charge in [0.2, 0.25) is 5.82 Å². The zero-order valence-corrected chi connectivity index (χ0v) is 17.5. The van der Waals surface area contributed by atoms with Gasteiger partial charge in [-0.1, -0.05) is 48.5 Å². The van der Waals surface area contributed by atoms with Gasteiger partial charge in [0, 0.05) is 18.0 Å². The van der Waals surface area contributed by atoms with E-state index in [1.165, 1.54) is 0 Å². The highest BCUT2D eigenvalue weighted by atomic mass is 19.2. The Labute approximate surface area is 189 Å². The maximum atomic E-state index is 13.9. The first-order valence-electron chi connectivity index (χ1n) is 10.5. The highest BCUT2D eigenvalue weighted by molar-refractivity contribution is 5.79. The van der Waals surface area contributed by atoms with Gasteiger partial charge in [-0.2, -0.15) is 4.39 Å². The standard InChI is InChI=1S/C25H23F2NO5/c26-22-18(9-10-20(29)23(22)27)24(31)21(30)11-12-28-25(32)33-13-19-16-7-3-1-5-14(16)15-6-2-4-8-17(15)19/h1-10,19,21,24,29-31H,11-13H2,(H,28,32). The van der Waals surface area contributed by atoms with Crippen molar-refractivity contribution >= 4 is 6.09 Å². The van der Waals surface area contributed by atoms with Crippen LogP contribution in [-0.2, 0) is 4.74 Å². The number of rotatable bonds is 7. The number of fused-ring (bicyclic) bond motifs is 3. The number of aromatic hydroxyl groups is 1. The summed E-state index contributed by atoms with van der Waals surface area (Å²) in [7, 11) is 0. The van der Waals surface area contributed by atoms with E-state index >= 15 is 0 Å². The van der Waals surface area contributed by atoms with Gasteiger partial charge in [0.05, 0.1) is 6.10 Å². The third kappa shape index (κ3) is 4.53. The lowest BCUT2D eigenvalue weighted by Crippen LogP contribution is -2.31. The average Bonchev–Trinajstić information content (AvgIpc) is 3.14. The number of aliphatic hydroxyl groups is 2. The Balaban J connectivity index is 1.30. The molecule has 0 bridgehead atoms. The van der Waals surface area contributed by atoms with Crippen molar-refractivity contribution < 1.29 is 33.6 Å². The molecule has 0 aliphatic heterocycles. The summed E-state index contributed by atoms with van der Waals surface area (Å²) < 4.78 is 32.8. The Morgan fingerprint density at radius 3 is 2.18 bits per heavy atom. The van der Waals surface area contributed by atoms with Gasteiger partial charge in [0.1, 0.15) is 12.7 Å². The van der Waals surface area contributed by atoms with E-state index in [1.807, 2.05) is 48.5 Å². The minimum absolute atomic E-state index is 0.0584. The lowest BCUT2D eigenvalue weighted by atomic mass is 9.98. The molecule has 1 aliphatic carbocycles. The van der Waals surface area contributed by atoms with Crippen LogP contribution in [-0.4, -0.2) is 40.7 Å². The molecule has 8 heteroatoms. The molecule has 0 spiro atoms. The van der Waals surface area contributed by atoms with E-state index in [4.69, 9.17) is 9.84 Å². The highest BCUT2D eigenvalue weighted by Gasteiger charge is 2.29. The molecule has 0 radical (unpaired) electrons. The lowest BCUT2D eigenvalue weighted by molar-refractivity contribution is 0.0112. The van der Waals surface area contributed by atoms with Gasteiger partial charge in [0.15, 0.2) is 11.6 Å². The van der Waals surface area contributed by atoms with E-state index in [2.05, 4.69) is 5.32 Å². The fraction of sp³-hybridized carbons (Fsp3) is 0.240. The molecule has 0 saturated heterocycles. The van der Waals surface area contributed by atoms with Gasteiger partial charge in [-0.05, 0) is 40.8 Å². The van der Waals surface area contributed by atoms with Gasteiger partial charge in [-0.25, -0.2) is 9.18 Å². The quantitative estimate of drug-likeness (QED) is 0.432. The van der Waals surface area contributed by atoms with Crippen molar-refractivity contribution in [3.05, 3.63) is 89.0 Å². The van der Waals surface area contributed by atoms with Crippen molar-refractivity contribution in [1.82, 2.24) is 5.32 Å². The van der Waals surface area contributed by atoms with Gasteiger partial charge in [-0.3, -0.25) is 0 Å². The van der Waals surface area contributed by atoms with Crippen LogP contribution in [0.3, 0.4) is 0 Å². The van der Waals surface area contributed by atoms with Crippen molar-refractivity contribution in [3.8, 4) is 16.9 Å². The molecule has 0 saturated carbocycles. The number of benzene rings is 3. The number of hydrogen-bond donors (Lipinski definition) is 4. The largest absolute Gasteiger partial charge is 0.505 e. The predicted octanol–water partition coefficient (Wildman–Crippen LogP) is 3.99. The Hall–Kier alpha value is -3.49. The molecular weight excluding hydrogens is 432 g/mol. The number of carbonyl (C=O) groups is 1. The van der Waals surface area contributed by atoms with E-state index < -0.39 is 41.2 Å². The van der Waals surface area contributed by atoms with Crippen LogP contribution < -0.4 is 5.32 Å². The number of amides is 1. The summed E-state index contributed by atoms with van der Waals surface area (Å²) in [6, 6.07) is 17.7. The number of alkyl carbamates (subject to hydrolysis) is 1. The molecule has 2 atom stereocenters. The number of carbonyl (C=O) groups excluding carboxylic acids is 1. The number of phenolic OH excluding ortho intramolecular Hbond substituents is 1. The number of halogens is 2. The van der Waals surface area contributed by atoms with Crippen LogP contribution in [0.2, 0.25) is 0 Å². The first-order chi connectivity index (χ1) is 15.9. The first kappa shape index (κ1) is 22.7. The number of ether oxygens (including phenoxy) is 1. The predicted molar refractivity (Wildman–Crippen MR) is 117 cm³/mol. The number of nitrogens with one attached hydrogen (secondary N) is 1. The average molecular weight is 455 g/mol. The zero-order valence-electron chi connectivity index (χ0n) is 17.5. The molecule has 172 valence electrons. The van der Waals surface area contributed by atoms with E-state index in [9.17, 15) is 23.8 Å². The summed E-state index contributed by atoms with van der Waals surface area (Å²) in [6.45, 7) is 0.0696. The number of phenols is 1. The van der Waals surface area contributed by atoms with Crippen molar-refractivity contribution in [2.75, 3.05) is 13.2 Å². The van der Waals surface area contributed by atoms with E-state index in [0.717, 1.165) is 34.4 Å². The van der Waals surface area contributed by atoms with Crippen LogP contribution in [0.25, 0.3) is 11.1 Å². The van der Waals surface area contributed by atoms with E-state index in [0.29, 0.717) is 0 Å². The van der Waals surface area contributed by atoms with Crippen molar-refractivity contribution in [2.45, 2.75) is 24.5 Å². The summed E-state index contributed by atoms with van der Waals surface area (Å²) >= 11 is 0. The molecule has 4 N–H and O–H groups in total. The summed E-state index contributed by atoms with van der Waals surface area (Å²) in [5, 5.41) is 31.8. The lowest BCUT2D eigenvalue weighted by Gasteiger charge is -2.19. The molecule has 6 nitrogen and oxygen atoms in total. The third-order valence-electron chi connectivity index (χ3n) is 5.83. The Bertz CT molecular complexity index is 1120.